The number of hydrogen-bond donors (Lipinski definition) is 2. The van der Waals surface area contributed by atoms with Crippen LogP contribution in [0.1, 0.15) is 23.7 Å². The molecule has 0 radical (unpaired) electrons. The maximum absolute atomic E-state index is 12.1. The van der Waals surface area contributed by atoms with Crippen molar-refractivity contribution in [3.05, 3.63) is 29.8 Å². The molecule has 1 aliphatic rings. The van der Waals surface area contributed by atoms with Crippen LogP contribution in [-0.4, -0.2) is 47.8 Å². The lowest BCUT2D eigenvalue weighted by Crippen LogP contribution is -2.47. The number of ether oxygens (including phenoxy) is 1. The molecule has 2 rings (SSSR count). The number of hydrogen-bond acceptors (Lipinski definition) is 3. The number of urea groups is 1. The van der Waals surface area contributed by atoms with Crippen LogP contribution in [0.2, 0.25) is 0 Å². The van der Waals surface area contributed by atoms with Crippen LogP contribution in [0.25, 0.3) is 0 Å². The van der Waals surface area contributed by atoms with Gasteiger partial charge in [0.2, 0.25) is 0 Å². The van der Waals surface area contributed by atoms with Gasteiger partial charge < -0.3 is 20.1 Å². The molecule has 1 unspecified atom stereocenters. The van der Waals surface area contributed by atoms with Crippen LogP contribution in [0, 0.1) is 0 Å². The van der Waals surface area contributed by atoms with Crippen LogP contribution < -0.4 is 5.32 Å². The van der Waals surface area contributed by atoms with E-state index in [0.29, 0.717) is 25.4 Å². The van der Waals surface area contributed by atoms with Gasteiger partial charge in [0.1, 0.15) is 0 Å². The van der Waals surface area contributed by atoms with Crippen molar-refractivity contribution in [2.24, 2.45) is 0 Å². The predicted molar refractivity (Wildman–Crippen MR) is 74.0 cm³/mol. The van der Waals surface area contributed by atoms with Crippen LogP contribution in [0.4, 0.5) is 10.5 Å². The zero-order valence-electron chi connectivity index (χ0n) is 11.3. The highest BCUT2D eigenvalue weighted by Crippen LogP contribution is 2.13. The van der Waals surface area contributed by atoms with Gasteiger partial charge in [0.25, 0.3) is 0 Å². The first kappa shape index (κ1) is 14.3. The van der Waals surface area contributed by atoms with Crippen LogP contribution >= 0.6 is 0 Å². The highest BCUT2D eigenvalue weighted by molar-refractivity contribution is 5.91. The molecule has 0 bridgehead atoms. The smallest absolute Gasteiger partial charge is 0.335 e. The summed E-state index contributed by atoms with van der Waals surface area (Å²) in [6.07, 6.45) is 0.959. The summed E-state index contributed by atoms with van der Waals surface area (Å²) in [5.41, 5.74) is 0.778. The Labute approximate surface area is 117 Å². The van der Waals surface area contributed by atoms with Gasteiger partial charge >= 0.3 is 12.0 Å². The molecule has 1 fully saturated rings. The van der Waals surface area contributed by atoms with Crippen molar-refractivity contribution in [1.82, 2.24) is 4.90 Å². The monoisotopic (exact) mass is 278 g/mol. The van der Waals surface area contributed by atoms with E-state index < -0.39 is 5.97 Å². The van der Waals surface area contributed by atoms with Crippen LogP contribution in [0.5, 0.6) is 0 Å². The molecule has 0 aromatic heterocycles. The summed E-state index contributed by atoms with van der Waals surface area (Å²) in [4.78, 5) is 24.5. The molecule has 2 amide bonds. The number of nitrogens with one attached hydrogen (secondary N) is 1. The lowest BCUT2D eigenvalue weighted by Gasteiger charge is -2.32. The fourth-order valence-corrected chi connectivity index (χ4v) is 2.05. The Hall–Kier alpha value is -2.08. The molecule has 1 heterocycles. The SMILES string of the molecule is CCC1CN(C(=O)Nc2ccc(C(=O)O)cc2)CCO1. The molecule has 20 heavy (non-hydrogen) atoms. The van der Waals surface area contributed by atoms with E-state index >= 15 is 0 Å². The van der Waals surface area contributed by atoms with Gasteiger partial charge in [0.15, 0.2) is 0 Å². The number of carbonyl (C=O) groups excluding carboxylic acids is 1. The van der Waals surface area contributed by atoms with Gasteiger partial charge in [-0.05, 0) is 30.7 Å². The highest BCUT2D eigenvalue weighted by Gasteiger charge is 2.22. The number of rotatable bonds is 3. The molecule has 1 atom stereocenters. The van der Waals surface area contributed by atoms with Crippen LogP contribution in [0.15, 0.2) is 24.3 Å². The Morgan fingerprint density at radius 3 is 2.70 bits per heavy atom. The van der Waals surface area contributed by atoms with E-state index in [1.54, 1.807) is 17.0 Å². The van der Waals surface area contributed by atoms with Crippen molar-refractivity contribution < 1.29 is 19.4 Å². The average molecular weight is 278 g/mol. The number of carbonyl (C=O) groups is 2. The minimum atomic E-state index is -0.984. The second kappa shape index (κ2) is 6.38. The first-order chi connectivity index (χ1) is 9.60. The molecule has 0 spiro atoms. The Kier molecular flexibility index (Phi) is 4.57. The largest absolute Gasteiger partial charge is 0.478 e. The fourth-order valence-electron chi connectivity index (χ4n) is 2.05. The number of aromatic carboxylic acids is 1. The lowest BCUT2D eigenvalue weighted by atomic mass is 10.2. The standard InChI is InChI=1S/C14H18N2O4/c1-2-12-9-16(7-8-20-12)14(19)15-11-5-3-10(4-6-11)13(17)18/h3-6,12H,2,7-9H2,1H3,(H,15,19)(H,17,18). The second-order valence-corrected chi connectivity index (χ2v) is 4.66. The number of nitrogens with zero attached hydrogens (tertiary/aromatic N) is 1. The van der Waals surface area contributed by atoms with Gasteiger partial charge in [-0.3, -0.25) is 0 Å². The lowest BCUT2D eigenvalue weighted by molar-refractivity contribution is -0.0134. The number of benzene rings is 1. The van der Waals surface area contributed by atoms with Crippen molar-refractivity contribution >= 4 is 17.7 Å². The third kappa shape index (κ3) is 3.48. The maximum Gasteiger partial charge on any atom is 0.335 e. The summed E-state index contributed by atoms with van der Waals surface area (Å²) in [6, 6.07) is 5.91. The topological polar surface area (TPSA) is 78.9 Å². The summed E-state index contributed by atoms with van der Waals surface area (Å²) >= 11 is 0. The first-order valence-electron chi connectivity index (χ1n) is 6.61. The van der Waals surface area contributed by atoms with E-state index in [1.165, 1.54) is 12.1 Å². The van der Waals surface area contributed by atoms with Crippen LogP contribution in [0.3, 0.4) is 0 Å². The minimum absolute atomic E-state index is 0.0869. The van der Waals surface area contributed by atoms with E-state index in [4.69, 9.17) is 9.84 Å². The molecule has 2 N–H and O–H groups in total. The van der Waals surface area contributed by atoms with E-state index in [-0.39, 0.29) is 17.7 Å². The van der Waals surface area contributed by atoms with Crippen molar-refractivity contribution in [2.45, 2.75) is 19.4 Å². The molecule has 0 aliphatic carbocycles. The van der Waals surface area contributed by atoms with Gasteiger partial charge in [0, 0.05) is 18.8 Å². The maximum atomic E-state index is 12.1. The molecule has 0 saturated carbocycles. The van der Waals surface area contributed by atoms with Gasteiger partial charge in [-0.25, -0.2) is 9.59 Å². The Morgan fingerprint density at radius 1 is 1.40 bits per heavy atom. The average Bonchev–Trinajstić information content (AvgIpc) is 2.47. The quantitative estimate of drug-likeness (QED) is 0.886. The van der Waals surface area contributed by atoms with Gasteiger partial charge in [0.05, 0.1) is 18.3 Å². The molecule has 6 heteroatoms. The van der Waals surface area contributed by atoms with E-state index in [0.717, 1.165) is 6.42 Å². The Balaban J connectivity index is 1.95. The Morgan fingerprint density at radius 2 is 2.10 bits per heavy atom. The summed E-state index contributed by atoms with van der Waals surface area (Å²) in [6.45, 7) is 3.71. The zero-order chi connectivity index (χ0) is 14.5. The third-order valence-corrected chi connectivity index (χ3v) is 3.26. The molecular weight excluding hydrogens is 260 g/mol. The molecule has 1 saturated heterocycles. The van der Waals surface area contributed by atoms with Crippen molar-refractivity contribution in [2.75, 3.05) is 25.0 Å². The predicted octanol–water partition coefficient (Wildman–Crippen LogP) is 2.03. The van der Waals surface area contributed by atoms with Crippen molar-refractivity contribution in [3.8, 4) is 0 Å². The third-order valence-electron chi connectivity index (χ3n) is 3.26. The van der Waals surface area contributed by atoms with Crippen molar-refractivity contribution in [3.63, 3.8) is 0 Å². The molecular formula is C14H18N2O4. The van der Waals surface area contributed by atoms with E-state index in [2.05, 4.69) is 5.32 Å². The molecule has 6 nitrogen and oxygen atoms in total. The fraction of sp³-hybridized carbons (Fsp3) is 0.429. The molecule has 108 valence electrons. The number of morpholine rings is 1. The van der Waals surface area contributed by atoms with E-state index in [1.807, 2.05) is 6.92 Å². The van der Waals surface area contributed by atoms with Gasteiger partial charge in [-0.2, -0.15) is 0 Å². The van der Waals surface area contributed by atoms with E-state index in [9.17, 15) is 9.59 Å². The summed E-state index contributed by atoms with van der Waals surface area (Å²) in [5, 5.41) is 11.6. The van der Waals surface area contributed by atoms with Gasteiger partial charge in [-0.1, -0.05) is 6.92 Å². The summed E-state index contributed by atoms with van der Waals surface area (Å²) in [5.74, 6) is -0.984. The van der Waals surface area contributed by atoms with Gasteiger partial charge in [-0.15, -0.1) is 0 Å². The number of amides is 2. The zero-order valence-corrected chi connectivity index (χ0v) is 11.3. The first-order valence-corrected chi connectivity index (χ1v) is 6.61. The number of anilines is 1. The van der Waals surface area contributed by atoms with Crippen LogP contribution in [-0.2, 0) is 4.74 Å². The normalized spacial score (nSPS) is 18.6. The number of carboxylic acids is 1. The van der Waals surface area contributed by atoms with Crippen molar-refractivity contribution in [1.29, 1.82) is 0 Å². The second-order valence-electron chi connectivity index (χ2n) is 4.66. The molecule has 1 aromatic carbocycles. The molecule has 1 aliphatic heterocycles. The summed E-state index contributed by atoms with van der Waals surface area (Å²) in [7, 11) is 0. The minimum Gasteiger partial charge on any atom is -0.478 e. The molecule has 1 aromatic rings. The Bertz CT molecular complexity index is 486. The highest BCUT2D eigenvalue weighted by atomic mass is 16.5. The summed E-state index contributed by atoms with van der Waals surface area (Å²) < 4.78 is 5.51. The number of carboxylic acid groups (broad SMARTS) is 1.